The molecule has 1 aromatic heterocycles. The molecule has 3 aliphatic heterocycles. The average molecular weight is 622 g/mol. The maximum atomic E-state index is 15.9. The third kappa shape index (κ3) is 4.31. The number of fused-ring (bicyclic) bond motifs is 5. The van der Waals surface area contributed by atoms with Crippen molar-refractivity contribution in [2.75, 3.05) is 13.2 Å². The molecule has 3 fully saturated rings. The van der Waals surface area contributed by atoms with Crippen molar-refractivity contribution in [2.45, 2.75) is 62.1 Å². The summed E-state index contributed by atoms with van der Waals surface area (Å²) in [4.78, 5) is 35.9. The second-order valence-electron chi connectivity index (χ2n) is 10.5. The Morgan fingerprint density at radius 2 is 1.97 bits per heavy atom. The number of thiazole rings is 1. The molecule has 0 amide bonds. The Labute approximate surface area is 236 Å². The second-order valence-corrected chi connectivity index (χ2v) is 12.3. The lowest BCUT2D eigenvalue weighted by Gasteiger charge is -2.42. The molecule has 1 aromatic carbocycles. The first-order valence-corrected chi connectivity index (χ1v) is 14.6. The number of halogens is 3. The van der Waals surface area contributed by atoms with Crippen LogP contribution in [-0.4, -0.2) is 69.3 Å². The molecule has 1 saturated carbocycles. The lowest BCUT2D eigenvalue weighted by molar-refractivity contribution is -0.140. The summed E-state index contributed by atoms with van der Waals surface area (Å²) in [6.45, 7) is 1.92. The molecule has 3 unspecified atom stereocenters. The molecule has 2 saturated heterocycles. The van der Waals surface area contributed by atoms with Crippen LogP contribution in [0.4, 0.5) is 8.78 Å². The molecule has 2 N–H and O–H groups in total. The minimum absolute atomic E-state index is 0.0615. The fourth-order valence-electron chi connectivity index (χ4n) is 6.59. The predicted octanol–water partition coefficient (Wildman–Crippen LogP) is 4.57. The molecule has 39 heavy (non-hydrogen) atoms. The third-order valence-corrected chi connectivity index (χ3v) is 9.81. The fourth-order valence-corrected chi connectivity index (χ4v) is 7.68. The standard InChI is InChI=1S/C27H27BrF2N4O4S/c1-2-38-25(37)21-17(12-34-18-9-14(11-20(35)36)10-19(34)27(30)13-26(18,27)29)32-23(24-31-7-8-39-24)33-22(21)15-5-3-4-6-16(15)28/h3-8,14,18-19,22H,2,9-13H2,1H3,(H,32,33)(H,35,36)/t14?,18-,19+,22-,26?,27?/m0/s1. The molecule has 206 valence electrons. The normalized spacial score (nSPS) is 33.3. The van der Waals surface area contributed by atoms with Gasteiger partial charge in [0.1, 0.15) is 6.04 Å². The van der Waals surface area contributed by atoms with E-state index < -0.39 is 41.4 Å². The highest BCUT2D eigenvalue weighted by Crippen LogP contribution is 2.70. The maximum absolute atomic E-state index is 15.9. The zero-order valence-electron chi connectivity index (χ0n) is 21.1. The number of carboxylic acids is 1. The molecule has 2 aromatic rings. The van der Waals surface area contributed by atoms with Crippen molar-refractivity contribution in [1.29, 1.82) is 0 Å². The number of nitrogens with zero attached hydrogens (tertiary/aromatic N) is 3. The van der Waals surface area contributed by atoms with Gasteiger partial charge in [-0.2, -0.15) is 0 Å². The number of rotatable bonds is 8. The van der Waals surface area contributed by atoms with Gasteiger partial charge in [0.2, 0.25) is 0 Å². The van der Waals surface area contributed by atoms with Crippen LogP contribution in [0.1, 0.15) is 49.2 Å². The van der Waals surface area contributed by atoms with E-state index in [9.17, 15) is 14.7 Å². The van der Waals surface area contributed by atoms with Crippen LogP contribution in [0.3, 0.4) is 0 Å². The van der Waals surface area contributed by atoms with E-state index in [4.69, 9.17) is 9.73 Å². The molecule has 4 heterocycles. The number of hydrogen-bond donors (Lipinski definition) is 2. The number of amidine groups is 1. The van der Waals surface area contributed by atoms with E-state index in [1.54, 1.807) is 18.0 Å². The number of carbonyl (C=O) groups is 2. The molecular formula is C27H27BrF2N4O4S. The van der Waals surface area contributed by atoms with Gasteiger partial charge in [-0.1, -0.05) is 34.1 Å². The van der Waals surface area contributed by atoms with Gasteiger partial charge in [0, 0.05) is 53.2 Å². The van der Waals surface area contributed by atoms with Crippen LogP contribution in [-0.2, 0) is 14.3 Å². The van der Waals surface area contributed by atoms with Gasteiger partial charge in [-0.3, -0.25) is 14.7 Å². The minimum atomic E-state index is -2.02. The number of ether oxygens (including phenoxy) is 1. The van der Waals surface area contributed by atoms with Gasteiger partial charge in [-0.25, -0.2) is 18.6 Å². The number of alkyl halides is 2. The summed E-state index contributed by atoms with van der Waals surface area (Å²) in [5.74, 6) is -1.38. The summed E-state index contributed by atoms with van der Waals surface area (Å²) < 4.78 is 38.0. The number of aromatic nitrogens is 1. The van der Waals surface area contributed by atoms with E-state index in [1.807, 2.05) is 29.6 Å². The largest absolute Gasteiger partial charge is 0.481 e. The first-order chi connectivity index (χ1) is 18.7. The lowest BCUT2D eigenvalue weighted by atomic mass is 9.84. The van der Waals surface area contributed by atoms with Crippen LogP contribution in [0, 0.1) is 5.92 Å². The van der Waals surface area contributed by atoms with Gasteiger partial charge < -0.3 is 15.2 Å². The molecule has 4 aliphatic rings. The molecule has 6 atom stereocenters. The number of benzene rings is 1. The Hall–Kier alpha value is -2.70. The van der Waals surface area contributed by atoms with E-state index in [0.29, 0.717) is 16.5 Å². The summed E-state index contributed by atoms with van der Waals surface area (Å²) in [6, 6.07) is 5.12. The van der Waals surface area contributed by atoms with Crippen LogP contribution in [0.15, 0.2) is 56.6 Å². The molecule has 6 rings (SSSR count). The second kappa shape index (κ2) is 9.74. The topological polar surface area (TPSA) is 104 Å². The zero-order valence-corrected chi connectivity index (χ0v) is 23.5. The summed E-state index contributed by atoms with van der Waals surface area (Å²) >= 11 is 4.96. The number of piperidine rings is 2. The minimum Gasteiger partial charge on any atom is -0.481 e. The Morgan fingerprint density at radius 3 is 2.59 bits per heavy atom. The number of esters is 1. The van der Waals surface area contributed by atoms with Crippen molar-refractivity contribution < 1.29 is 28.2 Å². The first-order valence-electron chi connectivity index (χ1n) is 12.9. The van der Waals surface area contributed by atoms with Crippen molar-refractivity contribution in [1.82, 2.24) is 15.2 Å². The van der Waals surface area contributed by atoms with Crippen LogP contribution in [0.25, 0.3) is 0 Å². The van der Waals surface area contributed by atoms with Crippen molar-refractivity contribution in [3.63, 3.8) is 0 Å². The lowest BCUT2D eigenvalue weighted by Crippen LogP contribution is -2.52. The highest BCUT2D eigenvalue weighted by atomic mass is 79.9. The number of aliphatic imine (C=N–C) groups is 1. The van der Waals surface area contributed by atoms with Crippen LogP contribution < -0.4 is 5.32 Å². The van der Waals surface area contributed by atoms with Gasteiger partial charge >= 0.3 is 11.9 Å². The van der Waals surface area contributed by atoms with E-state index in [1.165, 1.54) is 11.3 Å². The fraction of sp³-hybridized carbons (Fsp3) is 0.481. The van der Waals surface area contributed by atoms with E-state index in [2.05, 4.69) is 26.2 Å². The number of carbonyl (C=O) groups excluding carboxylic acids is 1. The van der Waals surface area contributed by atoms with E-state index >= 15 is 8.78 Å². The van der Waals surface area contributed by atoms with E-state index in [0.717, 1.165) is 10.0 Å². The SMILES string of the molecule is CCOC(=O)C1=C(CN2[C@H]3CC(CC(=O)O)C[C@@H]2C2(F)CC32F)NC(c2nccs2)=N[C@H]1c1ccccc1Br. The quantitative estimate of drug-likeness (QED) is 0.417. The molecule has 0 spiro atoms. The Bertz CT molecular complexity index is 1360. The molecule has 1 aliphatic carbocycles. The maximum Gasteiger partial charge on any atom is 0.338 e. The first kappa shape index (κ1) is 26.5. The molecule has 8 nitrogen and oxygen atoms in total. The summed E-state index contributed by atoms with van der Waals surface area (Å²) in [6.07, 6.45) is 1.85. The van der Waals surface area contributed by atoms with Crippen molar-refractivity contribution in [3.8, 4) is 0 Å². The van der Waals surface area contributed by atoms with E-state index in [-0.39, 0.29) is 50.3 Å². The molecule has 2 bridgehead atoms. The van der Waals surface area contributed by atoms with Crippen LogP contribution in [0.5, 0.6) is 0 Å². The smallest absolute Gasteiger partial charge is 0.338 e. The highest BCUT2D eigenvalue weighted by Gasteiger charge is 2.85. The summed E-state index contributed by atoms with van der Waals surface area (Å²) in [5.41, 5.74) is -2.57. The van der Waals surface area contributed by atoms with Gasteiger partial charge in [0.05, 0.1) is 12.2 Å². The zero-order chi connectivity index (χ0) is 27.5. The molecule has 0 radical (unpaired) electrons. The predicted molar refractivity (Wildman–Crippen MR) is 144 cm³/mol. The van der Waals surface area contributed by atoms with Gasteiger partial charge in [-0.15, -0.1) is 11.3 Å². The molecular weight excluding hydrogens is 594 g/mol. The number of carboxylic acid groups (broad SMARTS) is 1. The Kier molecular flexibility index (Phi) is 6.62. The summed E-state index contributed by atoms with van der Waals surface area (Å²) in [5, 5.41) is 15.0. The highest BCUT2D eigenvalue weighted by molar-refractivity contribution is 9.10. The van der Waals surface area contributed by atoms with Gasteiger partial charge in [0.25, 0.3) is 0 Å². The van der Waals surface area contributed by atoms with Gasteiger partial charge in [-0.05, 0) is 37.3 Å². The Morgan fingerprint density at radius 1 is 1.26 bits per heavy atom. The monoisotopic (exact) mass is 620 g/mol. The number of aliphatic carboxylic acids is 1. The van der Waals surface area contributed by atoms with Crippen LogP contribution >= 0.6 is 27.3 Å². The van der Waals surface area contributed by atoms with Crippen LogP contribution in [0.2, 0.25) is 0 Å². The van der Waals surface area contributed by atoms with Crippen molar-refractivity contribution in [3.05, 3.63) is 62.2 Å². The number of hydrogen-bond acceptors (Lipinski definition) is 8. The Balaban J connectivity index is 1.42. The van der Waals surface area contributed by atoms with Crippen molar-refractivity contribution in [2.24, 2.45) is 10.9 Å². The molecule has 12 heteroatoms. The third-order valence-electron chi connectivity index (χ3n) is 8.31. The average Bonchev–Trinajstić information content (AvgIpc) is 3.19. The number of nitrogens with one attached hydrogen (secondary N) is 1. The summed E-state index contributed by atoms with van der Waals surface area (Å²) in [7, 11) is 0. The van der Waals surface area contributed by atoms with Gasteiger partial charge in [0.15, 0.2) is 22.2 Å². The van der Waals surface area contributed by atoms with Crippen molar-refractivity contribution >= 4 is 45.0 Å².